The molecular formula is C59H33B8N5. The summed E-state index contributed by atoms with van der Waals surface area (Å²) in [5.74, 6) is 1.47. The highest BCUT2D eigenvalue weighted by Gasteiger charge is 2.28. The molecular weight excluding hydrogens is 865 g/mol. The van der Waals surface area contributed by atoms with Crippen LogP contribution in [0.4, 0.5) is 0 Å². The van der Waals surface area contributed by atoms with Crippen LogP contribution in [0.15, 0.2) is 164 Å². The molecule has 12 aromatic rings. The van der Waals surface area contributed by atoms with Gasteiger partial charge in [0.05, 0.1) is 27.8 Å². The molecule has 318 valence electrons. The number of nitrogens with zero attached hydrogens (tertiary/aromatic N) is 5. The predicted octanol–water partition coefficient (Wildman–Crippen LogP) is 5.37. The van der Waals surface area contributed by atoms with Gasteiger partial charge >= 0.3 is 0 Å². The smallest absolute Gasteiger partial charge is 0.238 e. The third-order valence-electron chi connectivity index (χ3n) is 14.2. The van der Waals surface area contributed by atoms with E-state index < -0.39 is 0 Å². The van der Waals surface area contributed by atoms with Gasteiger partial charge in [-0.3, -0.25) is 4.57 Å². The summed E-state index contributed by atoms with van der Waals surface area (Å²) < 4.78 is 4.41. The van der Waals surface area contributed by atoms with E-state index in [1.165, 1.54) is 0 Å². The molecule has 0 aliphatic carbocycles. The van der Waals surface area contributed by atoms with Gasteiger partial charge in [-0.1, -0.05) is 173 Å². The van der Waals surface area contributed by atoms with E-state index in [9.17, 15) is 0 Å². The monoisotopic (exact) mass is 899 g/mol. The maximum atomic E-state index is 7.20. The highest BCUT2D eigenvalue weighted by Crippen LogP contribution is 2.45. The quantitative estimate of drug-likeness (QED) is 0.203. The number of fused-ring (bicyclic) bond motifs is 7. The van der Waals surface area contributed by atoms with Gasteiger partial charge < -0.3 is 4.57 Å². The fourth-order valence-corrected chi connectivity index (χ4v) is 10.5. The Morgan fingerprint density at radius 3 is 1.46 bits per heavy atom. The van der Waals surface area contributed by atoms with Crippen LogP contribution in [0.3, 0.4) is 0 Å². The lowest BCUT2D eigenvalue weighted by molar-refractivity contribution is 0.953. The molecule has 0 N–H and O–H groups in total. The van der Waals surface area contributed by atoms with Crippen molar-refractivity contribution in [2.45, 2.75) is 13.8 Å². The van der Waals surface area contributed by atoms with Crippen molar-refractivity contribution in [3.05, 3.63) is 175 Å². The third-order valence-corrected chi connectivity index (χ3v) is 14.2. The molecule has 5 nitrogen and oxygen atoms in total. The highest BCUT2D eigenvalue weighted by molar-refractivity contribution is 6.69. The van der Waals surface area contributed by atoms with E-state index in [4.69, 9.17) is 77.7 Å². The number of hydrogen-bond donors (Lipinski definition) is 0. The van der Waals surface area contributed by atoms with E-state index in [1.54, 1.807) is 0 Å². The first kappa shape index (κ1) is 45.3. The van der Waals surface area contributed by atoms with Crippen molar-refractivity contribution in [1.82, 2.24) is 24.1 Å². The van der Waals surface area contributed by atoms with Gasteiger partial charge in [0.15, 0.2) is 11.6 Å². The topological polar surface area (TPSA) is 48.5 Å². The molecule has 0 unspecified atom stereocenters. The zero-order valence-electron chi connectivity index (χ0n) is 39.4. The largest absolute Gasteiger partial charge is 0.307 e. The molecule has 0 spiro atoms. The van der Waals surface area contributed by atoms with Crippen molar-refractivity contribution in [2.75, 3.05) is 0 Å². The molecule has 0 bridgehead atoms. The van der Waals surface area contributed by atoms with E-state index >= 15 is 0 Å². The fraction of sp³-hybridized carbons (Fsp3) is 0.0339. The van der Waals surface area contributed by atoms with Crippen LogP contribution in [0, 0.1) is 13.8 Å². The van der Waals surface area contributed by atoms with E-state index in [0.717, 1.165) is 65.9 Å². The lowest BCUT2D eigenvalue weighted by Gasteiger charge is -2.28. The van der Waals surface area contributed by atoms with Crippen LogP contribution < -0.4 is 43.7 Å². The first-order valence-corrected chi connectivity index (χ1v) is 23.4. The number of rotatable bonds is 7. The third kappa shape index (κ3) is 6.92. The van der Waals surface area contributed by atoms with Crippen LogP contribution in [0.2, 0.25) is 0 Å². The molecule has 72 heavy (non-hydrogen) atoms. The maximum Gasteiger partial charge on any atom is 0.238 e. The Kier molecular flexibility index (Phi) is 11.0. The Balaban J connectivity index is 1.25. The van der Waals surface area contributed by atoms with E-state index in [1.807, 2.05) is 117 Å². The number of para-hydroxylation sites is 2. The van der Waals surface area contributed by atoms with Gasteiger partial charge in [-0.25, -0.2) is 4.98 Å². The zero-order valence-corrected chi connectivity index (χ0v) is 39.4. The first-order chi connectivity index (χ1) is 34.9. The molecule has 3 heterocycles. The second-order valence-corrected chi connectivity index (χ2v) is 18.2. The summed E-state index contributed by atoms with van der Waals surface area (Å²) in [6.07, 6.45) is 0. The Morgan fingerprint density at radius 2 is 0.819 bits per heavy atom. The van der Waals surface area contributed by atoms with E-state index in [-0.39, 0.29) is 27.3 Å². The van der Waals surface area contributed by atoms with Crippen LogP contribution in [0.25, 0.3) is 111 Å². The lowest BCUT2D eigenvalue weighted by atomic mass is 9.59. The van der Waals surface area contributed by atoms with Crippen LogP contribution in [-0.2, 0) is 0 Å². The Hall–Kier alpha value is -7.89. The minimum absolute atomic E-state index is 0.101. The molecule has 0 fully saturated rings. The SMILES string of the molecule is [B]c1c([B])c([B])c(-c2cccc(-n3c4ccccc4c4ccc5c6ccccc6n(-c6nc(-c7ccccc7)nc(-c7cccc(-c8ccccc8)c7)n6)c5c43)c2-c2c([B])c([B])c(C)c([B])c2C)c([B])c1[B]. The molecule has 0 saturated heterocycles. The lowest BCUT2D eigenvalue weighted by Crippen LogP contribution is -2.55. The standard InChI is InChI=1S/C59H33B8N5/c1-30-44(49(62)48(61)31(2)47(30)60)45-40(46-50(63)52(65)54(67)53(66)51(46)64)23-14-26-43(45)71-41-24-11-9-21-36(41)38-27-28-39-37-22-10-12-25-42(37)72(56(39)55(38)71)59-69-57(33-17-7-4-8-18-33)68-58(70-59)35-20-13-19-34(29-35)32-15-5-3-6-16-32/h3-29H,1-2H3. The van der Waals surface area contributed by atoms with Crippen LogP contribution >= 0.6 is 0 Å². The minimum Gasteiger partial charge on any atom is -0.307 e. The molecule has 12 rings (SSSR count). The van der Waals surface area contributed by atoms with Crippen molar-refractivity contribution >= 4 is 150 Å². The molecule has 13 heteroatoms. The molecule has 0 aliphatic rings. The van der Waals surface area contributed by atoms with Gasteiger partial charge in [0.2, 0.25) is 5.95 Å². The maximum absolute atomic E-state index is 7.20. The van der Waals surface area contributed by atoms with Gasteiger partial charge in [-0.15, -0.1) is 21.9 Å². The van der Waals surface area contributed by atoms with Gasteiger partial charge in [0.1, 0.15) is 62.8 Å². The second-order valence-electron chi connectivity index (χ2n) is 18.2. The van der Waals surface area contributed by atoms with E-state index in [2.05, 4.69) is 69.8 Å². The van der Waals surface area contributed by atoms with Crippen LogP contribution in [0.5, 0.6) is 0 Å². The summed E-state index contributed by atoms with van der Waals surface area (Å²) in [5, 5.41) is 3.94. The van der Waals surface area contributed by atoms with Crippen molar-refractivity contribution < 1.29 is 0 Å². The summed E-state index contributed by atoms with van der Waals surface area (Å²) >= 11 is 0. The molecule has 16 radical (unpaired) electrons. The number of hydrogen-bond acceptors (Lipinski definition) is 3. The van der Waals surface area contributed by atoms with Gasteiger partial charge in [0, 0.05) is 38.2 Å². The van der Waals surface area contributed by atoms with Crippen molar-refractivity contribution in [3.63, 3.8) is 0 Å². The molecule has 3 aromatic heterocycles. The summed E-state index contributed by atoms with van der Waals surface area (Å²) in [5.41, 5.74) is 13.5. The Morgan fingerprint density at radius 1 is 0.333 bits per heavy atom. The molecule has 0 saturated carbocycles. The summed E-state index contributed by atoms with van der Waals surface area (Å²) in [7, 11) is 54.5. The summed E-state index contributed by atoms with van der Waals surface area (Å²) in [6.45, 7) is 3.80. The van der Waals surface area contributed by atoms with Crippen molar-refractivity contribution in [1.29, 1.82) is 0 Å². The van der Waals surface area contributed by atoms with Crippen molar-refractivity contribution in [2.24, 2.45) is 0 Å². The molecule has 0 atom stereocenters. The van der Waals surface area contributed by atoms with Crippen LogP contribution in [0.1, 0.15) is 11.1 Å². The summed E-state index contributed by atoms with van der Waals surface area (Å²) in [6, 6.07) is 55.5. The molecule has 0 amide bonds. The molecule has 0 aliphatic heterocycles. The average molecular weight is 898 g/mol. The van der Waals surface area contributed by atoms with E-state index in [0.29, 0.717) is 73.1 Å². The first-order valence-electron chi connectivity index (χ1n) is 23.4. The normalized spacial score (nSPS) is 11.6. The zero-order chi connectivity index (χ0) is 49.7. The average Bonchev–Trinajstić information content (AvgIpc) is 3.95. The second kappa shape index (κ2) is 17.5. The fourth-order valence-electron chi connectivity index (χ4n) is 10.5. The predicted molar refractivity (Wildman–Crippen MR) is 308 cm³/mol. The van der Waals surface area contributed by atoms with Gasteiger partial charge in [-0.05, 0) is 65.9 Å². The van der Waals surface area contributed by atoms with Gasteiger partial charge in [-0.2, -0.15) is 9.97 Å². The van der Waals surface area contributed by atoms with Crippen LogP contribution in [-0.4, -0.2) is 86.9 Å². The minimum atomic E-state index is 0.101. The number of benzene rings is 9. The molecule has 9 aromatic carbocycles. The Bertz CT molecular complexity index is 4170. The number of aromatic nitrogens is 5. The summed E-state index contributed by atoms with van der Waals surface area (Å²) in [4.78, 5) is 15.9. The van der Waals surface area contributed by atoms with Gasteiger partial charge in [0.25, 0.3) is 0 Å². The highest BCUT2D eigenvalue weighted by atomic mass is 15.2. The Labute approximate surface area is 428 Å². The van der Waals surface area contributed by atoms with Crippen molar-refractivity contribution in [3.8, 4) is 67.8 Å².